The van der Waals surface area contributed by atoms with E-state index in [0.717, 1.165) is 38.2 Å². The largest absolute Gasteiger partial charge is 0.490 e. The van der Waals surface area contributed by atoms with Gasteiger partial charge in [-0.1, -0.05) is 0 Å². The highest BCUT2D eigenvalue weighted by Gasteiger charge is 2.25. The van der Waals surface area contributed by atoms with Crippen LogP contribution in [0.4, 0.5) is 4.39 Å². The molecule has 0 radical (unpaired) electrons. The predicted molar refractivity (Wildman–Crippen MR) is 96.4 cm³/mol. The van der Waals surface area contributed by atoms with Gasteiger partial charge in [-0.2, -0.15) is 0 Å². The lowest BCUT2D eigenvalue weighted by Crippen LogP contribution is -2.39. The van der Waals surface area contributed by atoms with Crippen LogP contribution >= 0.6 is 0 Å². The molecule has 0 N–H and O–H groups in total. The Labute approximate surface area is 148 Å². The summed E-state index contributed by atoms with van der Waals surface area (Å²) >= 11 is 0. The van der Waals surface area contributed by atoms with Crippen molar-refractivity contribution in [2.75, 3.05) is 19.6 Å². The van der Waals surface area contributed by atoms with Crippen molar-refractivity contribution in [3.63, 3.8) is 0 Å². The Kier molecular flexibility index (Phi) is 4.97. The van der Waals surface area contributed by atoms with E-state index in [1.165, 1.54) is 42.5 Å². The van der Waals surface area contributed by atoms with E-state index < -0.39 is 0 Å². The molecule has 0 spiro atoms. The summed E-state index contributed by atoms with van der Waals surface area (Å²) in [6.45, 7) is 3.32. The number of aryl methyl sites for hydroxylation is 1. The molecule has 1 aliphatic carbocycles. The summed E-state index contributed by atoms with van der Waals surface area (Å²) < 4.78 is 18.9. The lowest BCUT2D eigenvalue weighted by molar-refractivity contribution is 0.0987. The van der Waals surface area contributed by atoms with Crippen LogP contribution in [0.25, 0.3) is 0 Å². The van der Waals surface area contributed by atoms with Crippen LogP contribution in [0.15, 0.2) is 42.7 Å². The fraction of sp³-hybridized carbons (Fsp3) is 0.476. The van der Waals surface area contributed by atoms with Gasteiger partial charge in [0.25, 0.3) is 0 Å². The van der Waals surface area contributed by atoms with Crippen LogP contribution in [0.3, 0.4) is 0 Å². The van der Waals surface area contributed by atoms with Gasteiger partial charge >= 0.3 is 0 Å². The second-order valence-electron chi connectivity index (χ2n) is 7.21. The van der Waals surface area contributed by atoms with E-state index in [0.29, 0.717) is 5.92 Å². The Morgan fingerprint density at radius 3 is 2.68 bits per heavy atom. The van der Waals surface area contributed by atoms with E-state index in [-0.39, 0.29) is 11.9 Å². The molecule has 25 heavy (non-hydrogen) atoms. The molecule has 1 aliphatic heterocycles. The highest BCUT2D eigenvalue weighted by molar-refractivity contribution is 5.31. The van der Waals surface area contributed by atoms with E-state index in [2.05, 4.69) is 22.1 Å². The average molecular weight is 340 g/mol. The Hall–Kier alpha value is -1.94. The number of pyridine rings is 1. The smallest absolute Gasteiger partial charge is 0.123 e. The molecular formula is C21H25FN2O. The maximum absolute atomic E-state index is 13.0. The minimum atomic E-state index is -0.217. The summed E-state index contributed by atoms with van der Waals surface area (Å²) in [4.78, 5) is 6.86. The van der Waals surface area contributed by atoms with Gasteiger partial charge in [0.05, 0.1) is 0 Å². The first kappa shape index (κ1) is 16.5. The third kappa shape index (κ3) is 4.01. The zero-order chi connectivity index (χ0) is 17.1. The first-order valence-electron chi connectivity index (χ1n) is 9.35. The molecule has 132 valence electrons. The Balaban J connectivity index is 1.22. The van der Waals surface area contributed by atoms with Crippen molar-refractivity contribution in [2.45, 2.75) is 44.1 Å². The summed E-state index contributed by atoms with van der Waals surface area (Å²) in [6.07, 6.45) is 10.0. The van der Waals surface area contributed by atoms with E-state index >= 15 is 0 Å². The second-order valence-corrected chi connectivity index (χ2v) is 7.21. The number of hydrogen-bond donors (Lipinski definition) is 0. The first-order chi connectivity index (χ1) is 12.3. The number of aromatic nitrogens is 1. The Morgan fingerprint density at radius 1 is 1.08 bits per heavy atom. The van der Waals surface area contributed by atoms with Gasteiger partial charge in [-0.25, -0.2) is 4.39 Å². The van der Waals surface area contributed by atoms with Crippen molar-refractivity contribution >= 4 is 0 Å². The van der Waals surface area contributed by atoms with Gasteiger partial charge in [-0.05, 0) is 86.0 Å². The van der Waals surface area contributed by atoms with Crippen LogP contribution in [-0.4, -0.2) is 35.6 Å². The third-order valence-electron chi connectivity index (χ3n) is 5.59. The van der Waals surface area contributed by atoms with E-state index in [4.69, 9.17) is 4.74 Å². The highest BCUT2D eigenvalue weighted by Crippen LogP contribution is 2.35. The molecule has 2 heterocycles. The molecule has 2 aliphatic rings. The number of hydrogen-bond acceptors (Lipinski definition) is 3. The molecule has 4 heteroatoms. The number of ether oxygens (including phenoxy) is 1. The summed E-state index contributed by atoms with van der Waals surface area (Å²) in [7, 11) is 0. The Morgan fingerprint density at radius 2 is 1.88 bits per heavy atom. The van der Waals surface area contributed by atoms with E-state index in [1.807, 2.05) is 6.20 Å². The minimum Gasteiger partial charge on any atom is -0.490 e. The van der Waals surface area contributed by atoms with Gasteiger partial charge in [0.1, 0.15) is 17.7 Å². The quantitative estimate of drug-likeness (QED) is 0.816. The van der Waals surface area contributed by atoms with Gasteiger partial charge in [-0.15, -0.1) is 0 Å². The lowest BCUT2D eigenvalue weighted by atomic mass is 9.98. The molecule has 3 nitrogen and oxygen atoms in total. The molecular weight excluding hydrogens is 315 g/mol. The van der Waals surface area contributed by atoms with Crippen LogP contribution in [0.1, 0.15) is 42.7 Å². The second kappa shape index (κ2) is 7.52. The van der Waals surface area contributed by atoms with Crippen LogP contribution in [-0.2, 0) is 6.42 Å². The molecule has 0 saturated carbocycles. The molecule has 1 aromatic heterocycles. The van der Waals surface area contributed by atoms with Crippen LogP contribution in [0, 0.1) is 5.82 Å². The molecule has 0 amide bonds. The van der Waals surface area contributed by atoms with E-state index in [9.17, 15) is 4.39 Å². The van der Waals surface area contributed by atoms with E-state index in [1.54, 1.807) is 12.1 Å². The normalized spacial score (nSPS) is 21.2. The van der Waals surface area contributed by atoms with Gasteiger partial charge in [0.15, 0.2) is 0 Å². The molecule has 2 aromatic rings. The molecule has 0 bridgehead atoms. The van der Waals surface area contributed by atoms with Crippen molar-refractivity contribution in [1.29, 1.82) is 0 Å². The summed E-state index contributed by atoms with van der Waals surface area (Å²) in [5.74, 6) is 1.23. The Bertz CT molecular complexity index is 695. The number of halogens is 1. The first-order valence-corrected chi connectivity index (χ1v) is 9.35. The number of nitrogens with zero attached hydrogens (tertiary/aromatic N) is 2. The van der Waals surface area contributed by atoms with Gasteiger partial charge in [-0.3, -0.25) is 4.98 Å². The molecule has 1 fully saturated rings. The summed E-state index contributed by atoms with van der Waals surface area (Å²) in [6, 6.07) is 8.52. The van der Waals surface area contributed by atoms with Gasteiger partial charge in [0, 0.05) is 25.5 Å². The van der Waals surface area contributed by atoms with Crippen molar-refractivity contribution in [1.82, 2.24) is 9.88 Å². The van der Waals surface area contributed by atoms with Crippen molar-refractivity contribution in [3.05, 3.63) is 59.7 Å². The molecule has 1 atom stereocenters. The average Bonchev–Trinajstić information content (AvgIpc) is 3.06. The number of rotatable bonds is 5. The zero-order valence-corrected chi connectivity index (χ0v) is 14.5. The SMILES string of the molecule is Fc1ccc(OC2CCN(CCC3CCc4ccncc43)CC2)cc1. The molecule has 1 saturated heterocycles. The number of benzene rings is 1. The van der Waals surface area contributed by atoms with Crippen molar-refractivity contribution < 1.29 is 9.13 Å². The molecule has 1 aromatic carbocycles. The standard InChI is InChI=1S/C21H25FN2O/c22-18-3-5-19(6-4-18)25-20-9-13-24(14-10-20)12-8-17-2-1-16-7-11-23-15-21(16)17/h3-7,11,15,17,20H,1-2,8-10,12-14H2. The zero-order valence-electron chi connectivity index (χ0n) is 14.5. The number of fused-ring (bicyclic) bond motifs is 1. The maximum atomic E-state index is 13.0. The van der Waals surface area contributed by atoms with Gasteiger partial charge < -0.3 is 9.64 Å². The fourth-order valence-corrected chi connectivity index (χ4v) is 4.11. The van der Waals surface area contributed by atoms with Crippen molar-refractivity contribution in [3.8, 4) is 5.75 Å². The van der Waals surface area contributed by atoms with Crippen LogP contribution in [0.2, 0.25) is 0 Å². The predicted octanol–water partition coefficient (Wildman–Crippen LogP) is 4.18. The minimum absolute atomic E-state index is 0.217. The molecule has 4 rings (SSSR count). The topological polar surface area (TPSA) is 25.4 Å². The summed E-state index contributed by atoms with van der Waals surface area (Å²) in [5, 5.41) is 0. The van der Waals surface area contributed by atoms with Crippen molar-refractivity contribution in [2.24, 2.45) is 0 Å². The van der Waals surface area contributed by atoms with Crippen LogP contribution < -0.4 is 4.74 Å². The third-order valence-corrected chi connectivity index (χ3v) is 5.59. The monoisotopic (exact) mass is 340 g/mol. The highest BCUT2D eigenvalue weighted by atomic mass is 19.1. The number of piperidine rings is 1. The maximum Gasteiger partial charge on any atom is 0.123 e. The fourth-order valence-electron chi connectivity index (χ4n) is 4.11. The van der Waals surface area contributed by atoms with Crippen LogP contribution in [0.5, 0.6) is 5.75 Å². The number of likely N-dealkylation sites (tertiary alicyclic amines) is 1. The van der Waals surface area contributed by atoms with Gasteiger partial charge in [0.2, 0.25) is 0 Å². The molecule has 1 unspecified atom stereocenters. The summed E-state index contributed by atoms with van der Waals surface area (Å²) in [5.41, 5.74) is 2.96. The lowest BCUT2D eigenvalue weighted by Gasteiger charge is -2.32.